The van der Waals surface area contributed by atoms with Crippen LogP contribution in [0.4, 0.5) is 15.8 Å². The molecule has 0 amide bonds. The number of nitrogens with two attached hydrogens (primary N) is 2. The zero-order valence-corrected chi connectivity index (χ0v) is 15.2. The molecule has 8 heteroatoms. The van der Waals surface area contributed by atoms with Crippen molar-refractivity contribution in [3.8, 4) is 0 Å². The van der Waals surface area contributed by atoms with Gasteiger partial charge in [-0.2, -0.15) is 4.99 Å². The smallest absolute Gasteiger partial charge is 0.220 e. The predicted molar refractivity (Wildman–Crippen MR) is 103 cm³/mol. The van der Waals surface area contributed by atoms with Crippen molar-refractivity contribution in [2.75, 3.05) is 30.5 Å². The Bertz CT molecular complexity index is 699. The van der Waals surface area contributed by atoms with Crippen LogP contribution in [0, 0.1) is 5.82 Å². The number of ether oxygens (including phenoxy) is 1. The molecular weight excluding hydrogens is 335 g/mol. The first kappa shape index (κ1) is 18.4. The van der Waals surface area contributed by atoms with Crippen LogP contribution in [-0.2, 0) is 4.74 Å². The lowest BCUT2D eigenvalue weighted by molar-refractivity contribution is 0.198. The Kier molecular flexibility index (Phi) is 5.61. The summed E-state index contributed by atoms with van der Waals surface area (Å²) in [6.07, 6.45) is 5.45. The molecule has 2 aliphatic rings. The predicted octanol–water partition coefficient (Wildman–Crippen LogP) is 2.38. The van der Waals surface area contributed by atoms with Crippen LogP contribution in [0.1, 0.15) is 38.5 Å². The summed E-state index contributed by atoms with van der Waals surface area (Å²) in [7, 11) is 1.66. The van der Waals surface area contributed by atoms with Crippen molar-refractivity contribution in [1.82, 2.24) is 0 Å². The van der Waals surface area contributed by atoms with Crippen LogP contribution >= 0.6 is 0 Å². The summed E-state index contributed by atoms with van der Waals surface area (Å²) in [4.78, 5) is 10.5. The monoisotopic (exact) mass is 362 g/mol. The third-order valence-electron chi connectivity index (χ3n) is 4.90. The van der Waals surface area contributed by atoms with Gasteiger partial charge in [0.25, 0.3) is 0 Å². The van der Waals surface area contributed by atoms with Gasteiger partial charge in [-0.15, -0.1) is 0 Å². The fraction of sp³-hybridized carbons (Fsp3) is 0.556. The number of anilines is 2. The number of hydrogen-bond donors (Lipinski definition) is 3. The van der Waals surface area contributed by atoms with E-state index in [4.69, 9.17) is 16.2 Å². The maximum Gasteiger partial charge on any atom is 0.220 e. The number of methoxy groups -OCH3 is 1. The number of hydrogen-bond acceptors (Lipinski definition) is 7. The number of para-hydroxylation sites is 1. The lowest BCUT2D eigenvalue weighted by Gasteiger charge is -2.46. The molecule has 3 rings (SSSR count). The summed E-state index contributed by atoms with van der Waals surface area (Å²) >= 11 is 0. The molecule has 1 aliphatic carbocycles. The SMILES string of the molecule is COCCCNc1cccc(F)c1N1C(N)=NC(N)=NC12CCCCC2. The van der Waals surface area contributed by atoms with Gasteiger partial charge >= 0.3 is 0 Å². The van der Waals surface area contributed by atoms with Gasteiger partial charge in [-0.3, -0.25) is 4.90 Å². The van der Waals surface area contributed by atoms with Crippen molar-refractivity contribution in [3.63, 3.8) is 0 Å². The van der Waals surface area contributed by atoms with Gasteiger partial charge in [0.2, 0.25) is 11.9 Å². The van der Waals surface area contributed by atoms with Crippen molar-refractivity contribution in [3.05, 3.63) is 24.0 Å². The van der Waals surface area contributed by atoms with Crippen molar-refractivity contribution in [2.45, 2.75) is 44.2 Å². The lowest BCUT2D eigenvalue weighted by atomic mass is 9.87. The molecule has 1 spiro atoms. The number of rotatable bonds is 6. The van der Waals surface area contributed by atoms with E-state index in [-0.39, 0.29) is 17.7 Å². The van der Waals surface area contributed by atoms with E-state index in [1.54, 1.807) is 18.1 Å². The van der Waals surface area contributed by atoms with E-state index >= 15 is 0 Å². The standard InChI is InChI=1S/C18H27FN6O/c1-26-12-6-11-22-14-8-5-7-13(19)15(14)25-17(21)23-16(20)24-18(25)9-3-2-4-10-18/h5,7-8,22H,2-4,6,9-12H2,1H3,(H4,20,21,23,24). The van der Waals surface area contributed by atoms with Gasteiger partial charge in [0.05, 0.1) is 5.69 Å². The van der Waals surface area contributed by atoms with Crippen LogP contribution < -0.4 is 21.7 Å². The molecular formula is C18H27FN6O. The third kappa shape index (κ3) is 3.60. The van der Waals surface area contributed by atoms with Gasteiger partial charge in [-0.05, 0) is 44.2 Å². The van der Waals surface area contributed by atoms with Gasteiger partial charge in [0.15, 0.2) is 0 Å². The van der Waals surface area contributed by atoms with Crippen LogP contribution in [-0.4, -0.2) is 37.8 Å². The lowest BCUT2D eigenvalue weighted by Crippen LogP contribution is -2.58. The molecule has 1 aliphatic heterocycles. The second-order valence-electron chi connectivity index (χ2n) is 6.73. The molecule has 1 aromatic rings. The number of aliphatic imine (C=N–C) groups is 2. The molecule has 0 saturated heterocycles. The Labute approximate surface area is 153 Å². The maximum absolute atomic E-state index is 14.9. The number of guanidine groups is 2. The number of halogens is 1. The molecule has 7 nitrogen and oxygen atoms in total. The first-order valence-electron chi connectivity index (χ1n) is 9.08. The molecule has 1 aromatic carbocycles. The molecule has 0 aromatic heterocycles. The molecule has 1 heterocycles. The van der Waals surface area contributed by atoms with Crippen molar-refractivity contribution >= 4 is 23.3 Å². The van der Waals surface area contributed by atoms with E-state index in [1.165, 1.54) is 6.07 Å². The molecule has 1 fully saturated rings. The summed E-state index contributed by atoms with van der Waals surface area (Å²) in [5.41, 5.74) is 12.5. The summed E-state index contributed by atoms with van der Waals surface area (Å²) in [6, 6.07) is 4.96. The summed E-state index contributed by atoms with van der Waals surface area (Å²) in [5, 5.41) is 3.29. The van der Waals surface area contributed by atoms with Gasteiger partial charge in [0.1, 0.15) is 17.2 Å². The van der Waals surface area contributed by atoms with Gasteiger partial charge in [-0.1, -0.05) is 12.5 Å². The molecule has 26 heavy (non-hydrogen) atoms. The van der Waals surface area contributed by atoms with E-state index in [9.17, 15) is 4.39 Å². The normalized spacial score (nSPS) is 19.2. The summed E-state index contributed by atoms with van der Waals surface area (Å²) < 4.78 is 20.0. The first-order valence-corrected chi connectivity index (χ1v) is 9.08. The Balaban J connectivity index is 1.99. The van der Waals surface area contributed by atoms with E-state index < -0.39 is 5.66 Å². The Morgan fingerprint density at radius 3 is 2.77 bits per heavy atom. The first-order chi connectivity index (χ1) is 12.6. The number of nitrogens with one attached hydrogen (secondary N) is 1. The Morgan fingerprint density at radius 1 is 1.27 bits per heavy atom. The Morgan fingerprint density at radius 2 is 2.04 bits per heavy atom. The van der Waals surface area contributed by atoms with Crippen molar-refractivity contribution in [1.29, 1.82) is 0 Å². The number of benzene rings is 1. The van der Waals surface area contributed by atoms with Gasteiger partial charge in [0, 0.05) is 20.3 Å². The topological polar surface area (TPSA) is 101 Å². The molecule has 142 valence electrons. The molecule has 5 N–H and O–H groups in total. The highest BCUT2D eigenvalue weighted by Gasteiger charge is 2.44. The van der Waals surface area contributed by atoms with Gasteiger partial charge < -0.3 is 21.5 Å². The minimum absolute atomic E-state index is 0.159. The van der Waals surface area contributed by atoms with E-state index in [0.717, 1.165) is 38.5 Å². The highest BCUT2D eigenvalue weighted by molar-refractivity contribution is 6.07. The fourth-order valence-corrected chi connectivity index (χ4v) is 3.77. The van der Waals surface area contributed by atoms with Crippen LogP contribution in [0.3, 0.4) is 0 Å². The molecule has 1 saturated carbocycles. The largest absolute Gasteiger partial charge is 0.385 e. The number of nitrogens with zero attached hydrogens (tertiary/aromatic N) is 3. The average Bonchev–Trinajstić information content (AvgIpc) is 2.61. The zero-order chi connectivity index (χ0) is 18.6. The zero-order valence-electron chi connectivity index (χ0n) is 15.2. The average molecular weight is 362 g/mol. The molecule has 0 unspecified atom stereocenters. The van der Waals surface area contributed by atoms with Crippen molar-refractivity contribution in [2.24, 2.45) is 21.5 Å². The van der Waals surface area contributed by atoms with E-state index in [2.05, 4.69) is 15.3 Å². The minimum atomic E-state index is -0.667. The highest BCUT2D eigenvalue weighted by atomic mass is 19.1. The minimum Gasteiger partial charge on any atom is -0.385 e. The van der Waals surface area contributed by atoms with Crippen molar-refractivity contribution < 1.29 is 9.13 Å². The van der Waals surface area contributed by atoms with Crippen LogP contribution in [0.2, 0.25) is 0 Å². The van der Waals surface area contributed by atoms with E-state index in [1.807, 2.05) is 6.07 Å². The molecule has 0 radical (unpaired) electrons. The quantitative estimate of drug-likeness (QED) is 0.675. The van der Waals surface area contributed by atoms with Gasteiger partial charge in [-0.25, -0.2) is 9.38 Å². The summed E-state index contributed by atoms with van der Waals surface area (Å²) in [6.45, 7) is 1.29. The van der Waals surface area contributed by atoms with Crippen LogP contribution in [0.15, 0.2) is 28.2 Å². The Hall–Kier alpha value is -2.35. The third-order valence-corrected chi connectivity index (χ3v) is 4.90. The second kappa shape index (κ2) is 7.90. The summed E-state index contributed by atoms with van der Waals surface area (Å²) in [5.74, 6) is -0.0171. The second-order valence-corrected chi connectivity index (χ2v) is 6.73. The molecule has 0 atom stereocenters. The maximum atomic E-state index is 14.9. The highest BCUT2D eigenvalue weighted by Crippen LogP contribution is 2.42. The van der Waals surface area contributed by atoms with Crippen LogP contribution in [0.25, 0.3) is 0 Å². The molecule has 0 bridgehead atoms. The van der Waals surface area contributed by atoms with Crippen LogP contribution in [0.5, 0.6) is 0 Å². The van der Waals surface area contributed by atoms with E-state index in [0.29, 0.717) is 24.5 Å². The fourth-order valence-electron chi connectivity index (χ4n) is 3.77.